The van der Waals surface area contributed by atoms with E-state index in [-0.39, 0.29) is 5.92 Å². The highest BCUT2D eigenvalue weighted by molar-refractivity contribution is 5.76. The molecule has 0 aromatic carbocycles. The molecule has 0 unspecified atom stereocenters. The van der Waals surface area contributed by atoms with Crippen molar-refractivity contribution in [3.63, 3.8) is 0 Å². The Bertz CT molecular complexity index is 956. The summed E-state index contributed by atoms with van der Waals surface area (Å²) in [7, 11) is 0. The van der Waals surface area contributed by atoms with Gasteiger partial charge in [-0.3, -0.25) is 9.78 Å². The van der Waals surface area contributed by atoms with Crippen LogP contribution in [-0.2, 0) is 17.8 Å². The van der Waals surface area contributed by atoms with Crippen LogP contribution < -0.4 is 4.90 Å². The Labute approximate surface area is 197 Å². The molecule has 5 rings (SSSR count). The van der Waals surface area contributed by atoms with Gasteiger partial charge >= 0.3 is 0 Å². The Morgan fingerprint density at radius 3 is 2.76 bits per heavy atom. The first kappa shape index (κ1) is 22.3. The molecule has 2 aromatic rings. The number of amides is 1. The number of anilines is 1. The average Bonchev–Trinajstić information content (AvgIpc) is 3.37. The van der Waals surface area contributed by atoms with Crippen molar-refractivity contribution in [1.29, 1.82) is 0 Å². The minimum atomic E-state index is 0.233. The molecule has 0 bridgehead atoms. The van der Waals surface area contributed by atoms with E-state index in [2.05, 4.69) is 27.8 Å². The first-order valence-corrected chi connectivity index (χ1v) is 13.0. The summed E-state index contributed by atoms with van der Waals surface area (Å²) < 4.78 is 0. The normalized spacial score (nSPS) is 21.3. The van der Waals surface area contributed by atoms with Crippen molar-refractivity contribution < 1.29 is 4.79 Å². The highest BCUT2D eigenvalue weighted by Crippen LogP contribution is 2.33. The lowest BCUT2D eigenvalue weighted by atomic mass is 9.95. The minimum absolute atomic E-state index is 0.233. The number of carbonyl (C=O) groups is 1. The molecule has 33 heavy (non-hydrogen) atoms. The van der Waals surface area contributed by atoms with Crippen molar-refractivity contribution in [3.05, 3.63) is 47.2 Å². The second-order valence-electron chi connectivity index (χ2n) is 10.2. The molecule has 2 aliphatic heterocycles. The number of carbonyl (C=O) groups excluding carboxylic acids is 1. The Kier molecular flexibility index (Phi) is 6.88. The summed E-state index contributed by atoms with van der Waals surface area (Å²) in [6.07, 6.45) is 13.2. The van der Waals surface area contributed by atoms with Gasteiger partial charge in [0.1, 0.15) is 11.6 Å². The summed E-state index contributed by atoms with van der Waals surface area (Å²) in [5.41, 5.74) is 3.45. The number of likely N-dealkylation sites (tertiary alicyclic amines) is 1. The van der Waals surface area contributed by atoms with Crippen molar-refractivity contribution >= 4 is 11.7 Å². The predicted octanol–water partition coefficient (Wildman–Crippen LogP) is 4.81. The van der Waals surface area contributed by atoms with E-state index in [4.69, 9.17) is 9.97 Å². The number of aromatic nitrogens is 3. The lowest BCUT2D eigenvalue weighted by Crippen LogP contribution is -2.40. The number of rotatable bonds is 6. The smallest absolute Gasteiger partial charge is 0.222 e. The van der Waals surface area contributed by atoms with Gasteiger partial charge in [0.25, 0.3) is 0 Å². The molecule has 1 aliphatic carbocycles. The van der Waals surface area contributed by atoms with Gasteiger partial charge in [-0.15, -0.1) is 0 Å². The molecule has 0 N–H and O–H groups in total. The van der Waals surface area contributed by atoms with Gasteiger partial charge in [0.2, 0.25) is 5.91 Å². The topological polar surface area (TPSA) is 62.2 Å². The first-order valence-electron chi connectivity index (χ1n) is 13.0. The van der Waals surface area contributed by atoms with Gasteiger partial charge in [0.05, 0.1) is 12.2 Å². The molecule has 1 saturated carbocycles. The number of pyridine rings is 1. The third-order valence-electron chi connectivity index (χ3n) is 7.82. The monoisotopic (exact) mass is 447 g/mol. The third-order valence-corrected chi connectivity index (χ3v) is 7.82. The molecule has 4 heterocycles. The van der Waals surface area contributed by atoms with E-state index in [1.54, 1.807) is 0 Å². The molecule has 2 fully saturated rings. The van der Waals surface area contributed by atoms with Crippen molar-refractivity contribution in [2.75, 3.05) is 24.5 Å². The van der Waals surface area contributed by atoms with Gasteiger partial charge in [-0.2, -0.15) is 0 Å². The molecule has 176 valence electrons. The fourth-order valence-electron chi connectivity index (χ4n) is 5.93. The predicted molar refractivity (Wildman–Crippen MR) is 130 cm³/mol. The number of piperidine rings is 1. The van der Waals surface area contributed by atoms with Crippen LogP contribution in [0.2, 0.25) is 0 Å². The van der Waals surface area contributed by atoms with Gasteiger partial charge in [-0.05, 0) is 57.1 Å². The quantitative estimate of drug-likeness (QED) is 0.636. The molecule has 0 spiro atoms. The lowest BCUT2D eigenvalue weighted by Gasteiger charge is -2.34. The van der Waals surface area contributed by atoms with Gasteiger partial charge in [0.15, 0.2) is 0 Å². The Morgan fingerprint density at radius 2 is 1.94 bits per heavy atom. The van der Waals surface area contributed by atoms with Crippen LogP contribution in [0.4, 0.5) is 5.82 Å². The summed E-state index contributed by atoms with van der Waals surface area (Å²) in [5, 5.41) is 0. The fourth-order valence-corrected chi connectivity index (χ4v) is 5.93. The molecule has 2 aromatic heterocycles. The van der Waals surface area contributed by atoms with Crippen LogP contribution >= 0.6 is 0 Å². The van der Waals surface area contributed by atoms with Crippen molar-refractivity contribution in [3.8, 4) is 0 Å². The molecule has 6 nitrogen and oxygen atoms in total. The number of nitrogens with zero attached hydrogens (tertiary/aromatic N) is 5. The molecule has 1 atom stereocenters. The third kappa shape index (κ3) is 5.20. The van der Waals surface area contributed by atoms with E-state index >= 15 is 0 Å². The SMILES string of the molecule is Cc1nc([C@@H]2CCCN(C(=O)CCC3CCCC3)C2)nc2c1CCCN2Cc1ccccn1. The van der Waals surface area contributed by atoms with Gasteiger partial charge < -0.3 is 9.80 Å². The number of hydrogen-bond donors (Lipinski definition) is 0. The van der Waals surface area contributed by atoms with E-state index in [0.29, 0.717) is 12.3 Å². The number of aryl methyl sites for hydroxylation is 1. The maximum absolute atomic E-state index is 13.0. The van der Waals surface area contributed by atoms with Crippen LogP contribution in [0.5, 0.6) is 0 Å². The summed E-state index contributed by atoms with van der Waals surface area (Å²) in [5.74, 6) is 3.34. The van der Waals surface area contributed by atoms with Crippen molar-refractivity contribution in [2.45, 2.75) is 83.6 Å². The van der Waals surface area contributed by atoms with Crippen LogP contribution in [-0.4, -0.2) is 45.4 Å². The van der Waals surface area contributed by atoms with Gasteiger partial charge in [0, 0.05) is 49.4 Å². The van der Waals surface area contributed by atoms with Crippen LogP contribution in [0.15, 0.2) is 24.4 Å². The molecule has 6 heteroatoms. The van der Waals surface area contributed by atoms with Crippen molar-refractivity contribution in [2.24, 2.45) is 5.92 Å². The summed E-state index contributed by atoms with van der Waals surface area (Å²) in [6.45, 7) is 5.55. The van der Waals surface area contributed by atoms with Crippen LogP contribution in [0.1, 0.15) is 86.5 Å². The number of hydrogen-bond acceptors (Lipinski definition) is 5. The highest BCUT2D eigenvalue weighted by Gasteiger charge is 2.30. The summed E-state index contributed by atoms with van der Waals surface area (Å²) >= 11 is 0. The van der Waals surface area contributed by atoms with Crippen molar-refractivity contribution in [1.82, 2.24) is 19.9 Å². The van der Waals surface area contributed by atoms with E-state index in [0.717, 1.165) is 87.2 Å². The lowest BCUT2D eigenvalue weighted by molar-refractivity contribution is -0.132. The Hall–Kier alpha value is -2.50. The average molecular weight is 448 g/mol. The fraction of sp³-hybridized carbons (Fsp3) is 0.630. The molecule has 1 amide bonds. The van der Waals surface area contributed by atoms with E-state index in [9.17, 15) is 4.79 Å². The largest absolute Gasteiger partial charge is 0.350 e. The standard InChI is InChI=1S/C27H37N5O/c1-20-24-12-7-17-32(19-23-11-4-5-15-28-23)27(24)30-26(29-20)22-10-6-16-31(18-22)25(33)14-13-21-8-2-3-9-21/h4-5,11,15,21-22H,2-3,6-10,12-14,16-19H2,1H3/t22-/m1/s1. The van der Waals surface area contributed by atoms with E-state index in [1.807, 2.05) is 18.3 Å². The zero-order valence-corrected chi connectivity index (χ0v) is 20.0. The highest BCUT2D eigenvalue weighted by atomic mass is 16.2. The Balaban J connectivity index is 1.30. The van der Waals surface area contributed by atoms with Crippen LogP contribution in [0.3, 0.4) is 0 Å². The second-order valence-corrected chi connectivity index (χ2v) is 10.2. The zero-order valence-electron chi connectivity index (χ0n) is 20.0. The first-order chi connectivity index (χ1) is 16.2. The van der Waals surface area contributed by atoms with Gasteiger partial charge in [-0.1, -0.05) is 31.7 Å². The molecular weight excluding hydrogens is 410 g/mol. The summed E-state index contributed by atoms with van der Waals surface area (Å²) in [4.78, 5) is 32.0. The molecule has 0 radical (unpaired) electrons. The van der Waals surface area contributed by atoms with E-state index < -0.39 is 0 Å². The van der Waals surface area contributed by atoms with E-state index in [1.165, 1.54) is 31.2 Å². The number of fused-ring (bicyclic) bond motifs is 1. The molecular formula is C27H37N5O. The van der Waals surface area contributed by atoms with Crippen LogP contribution in [0, 0.1) is 12.8 Å². The molecule has 1 saturated heterocycles. The Morgan fingerprint density at radius 1 is 1.06 bits per heavy atom. The van der Waals surface area contributed by atoms with Crippen LogP contribution in [0.25, 0.3) is 0 Å². The maximum Gasteiger partial charge on any atom is 0.222 e. The zero-order chi connectivity index (χ0) is 22.6. The summed E-state index contributed by atoms with van der Waals surface area (Å²) in [6, 6.07) is 6.09. The second kappa shape index (κ2) is 10.2. The molecule has 3 aliphatic rings. The maximum atomic E-state index is 13.0. The minimum Gasteiger partial charge on any atom is -0.350 e. The van der Waals surface area contributed by atoms with Gasteiger partial charge in [-0.25, -0.2) is 9.97 Å².